The molecule has 3 aliphatic rings. The molecule has 39 heavy (non-hydrogen) atoms. The zero-order valence-electron chi connectivity index (χ0n) is 23.3. The second-order valence-electron chi connectivity index (χ2n) is 13.0. The highest BCUT2D eigenvalue weighted by molar-refractivity contribution is 5.94. The summed E-state index contributed by atoms with van der Waals surface area (Å²) < 4.78 is 39.2. The summed E-state index contributed by atoms with van der Waals surface area (Å²) >= 11 is 0. The molecule has 1 saturated carbocycles. The zero-order valence-corrected chi connectivity index (χ0v) is 23.3. The van der Waals surface area contributed by atoms with Gasteiger partial charge in [0.15, 0.2) is 0 Å². The molecule has 4 amide bonds. The Bertz CT molecular complexity index is 1010. The standard InChI is InChI=1S/C27H40F3N5O4/c1-25(2,3)20(33-24(39)27(28,29)30)23(38)35-14-17(15-8-6-7-9-15)11-19(35)22(37)32-18(13-31)10-16-12-26(4,5)34-21(16)36/h15-20H,6-12,14H2,1-5H3,(H,32,37)(H,33,39)(H,34,36). The van der Waals surface area contributed by atoms with Gasteiger partial charge in [0.1, 0.15) is 18.1 Å². The minimum Gasteiger partial charge on any atom is -0.351 e. The van der Waals surface area contributed by atoms with Crippen LogP contribution in [0.5, 0.6) is 0 Å². The molecule has 2 aliphatic heterocycles. The number of nitrogens with zero attached hydrogens (tertiary/aromatic N) is 2. The summed E-state index contributed by atoms with van der Waals surface area (Å²) in [4.78, 5) is 52.6. The van der Waals surface area contributed by atoms with Crippen LogP contribution in [0.3, 0.4) is 0 Å². The van der Waals surface area contributed by atoms with Crippen LogP contribution >= 0.6 is 0 Å². The van der Waals surface area contributed by atoms with E-state index in [9.17, 15) is 37.6 Å². The number of hydrogen-bond acceptors (Lipinski definition) is 5. The van der Waals surface area contributed by atoms with Gasteiger partial charge in [0.05, 0.1) is 6.07 Å². The van der Waals surface area contributed by atoms with Crippen LogP contribution in [0.2, 0.25) is 0 Å². The molecular weight excluding hydrogens is 515 g/mol. The SMILES string of the molecule is CC1(C)CC(CC(C#N)NC(=O)C2CC(C3CCCC3)CN2C(=O)C(NC(=O)C(F)(F)F)C(C)(C)C)C(=O)N1. The smallest absolute Gasteiger partial charge is 0.351 e. The van der Waals surface area contributed by atoms with Gasteiger partial charge >= 0.3 is 12.1 Å². The molecular formula is C27H40F3N5O4. The molecule has 3 N–H and O–H groups in total. The van der Waals surface area contributed by atoms with Crippen molar-refractivity contribution in [2.24, 2.45) is 23.2 Å². The lowest BCUT2D eigenvalue weighted by Gasteiger charge is -2.35. The molecule has 0 aromatic heterocycles. The number of alkyl halides is 3. The third kappa shape index (κ3) is 7.42. The Labute approximate surface area is 227 Å². The molecule has 3 rings (SSSR count). The maximum atomic E-state index is 13.7. The maximum Gasteiger partial charge on any atom is 0.471 e. The molecule has 0 spiro atoms. The average Bonchev–Trinajstić information content (AvgIpc) is 3.53. The van der Waals surface area contributed by atoms with E-state index in [4.69, 9.17) is 0 Å². The molecule has 0 radical (unpaired) electrons. The van der Waals surface area contributed by atoms with Crippen LogP contribution in [0.25, 0.3) is 0 Å². The molecule has 2 saturated heterocycles. The summed E-state index contributed by atoms with van der Waals surface area (Å²) in [5.74, 6) is -3.94. The highest BCUT2D eigenvalue weighted by Gasteiger charge is 2.49. The van der Waals surface area contributed by atoms with Crippen LogP contribution < -0.4 is 16.0 Å². The predicted molar refractivity (Wildman–Crippen MR) is 135 cm³/mol. The fourth-order valence-electron chi connectivity index (χ4n) is 6.24. The van der Waals surface area contributed by atoms with E-state index in [0.29, 0.717) is 12.8 Å². The first-order chi connectivity index (χ1) is 17.9. The van der Waals surface area contributed by atoms with Crippen LogP contribution in [0.1, 0.15) is 79.6 Å². The summed E-state index contributed by atoms with van der Waals surface area (Å²) in [5, 5.41) is 17.1. The number of halogens is 3. The number of carbonyl (C=O) groups excluding carboxylic acids is 4. The monoisotopic (exact) mass is 555 g/mol. The summed E-state index contributed by atoms with van der Waals surface area (Å²) in [5.41, 5.74) is -1.49. The van der Waals surface area contributed by atoms with Crippen molar-refractivity contribution < 1.29 is 32.3 Å². The van der Waals surface area contributed by atoms with E-state index in [2.05, 4.69) is 10.6 Å². The van der Waals surface area contributed by atoms with Crippen molar-refractivity contribution in [3.63, 3.8) is 0 Å². The van der Waals surface area contributed by atoms with Crippen LogP contribution in [0.4, 0.5) is 13.2 Å². The number of hydrogen-bond donors (Lipinski definition) is 3. The Morgan fingerprint density at radius 1 is 1.13 bits per heavy atom. The van der Waals surface area contributed by atoms with Crippen LogP contribution in [-0.4, -0.2) is 64.9 Å². The summed E-state index contributed by atoms with van der Waals surface area (Å²) in [6.07, 6.45) is -0.270. The van der Waals surface area contributed by atoms with E-state index in [0.717, 1.165) is 25.7 Å². The number of nitriles is 1. The van der Waals surface area contributed by atoms with E-state index in [1.165, 1.54) is 4.90 Å². The molecule has 2 heterocycles. The zero-order chi connectivity index (χ0) is 29.3. The highest BCUT2D eigenvalue weighted by atomic mass is 19.4. The fraction of sp³-hybridized carbons (Fsp3) is 0.815. The fourth-order valence-corrected chi connectivity index (χ4v) is 6.24. The van der Waals surface area contributed by atoms with Gasteiger partial charge in [0.2, 0.25) is 17.7 Å². The molecule has 12 heteroatoms. The van der Waals surface area contributed by atoms with Crippen molar-refractivity contribution in [2.45, 2.75) is 109 Å². The molecule has 5 atom stereocenters. The number of amides is 4. The lowest BCUT2D eigenvalue weighted by molar-refractivity contribution is -0.176. The van der Waals surface area contributed by atoms with Crippen molar-refractivity contribution >= 4 is 23.6 Å². The van der Waals surface area contributed by atoms with E-state index >= 15 is 0 Å². The van der Waals surface area contributed by atoms with Gasteiger partial charge in [-0.05, 0) is 50.4 Å². The molecule has 0 bridgehead atoms. The van der Waals surface area contributed by atoms with E-state index < -0.39 is 58.9 Å². The number of nitrogens with one attached hydrogen (secondary N) is 3. The topological polar surface area (TPSA) is 131 Å². The maximum absolute atomic E-state index is 13.7. The second-order valence-corrected chi connectivity index (χ2v) is 13.0. The number of rotatable bonds is 7. The second kappa shape index (κ2) is 11.3. The van der Waals surface area contributed by atoms with Gasteiger partial charge in [-0.15, -0.1) is 0 Å². The Morgan fingerprint density at radius 2 is 1.74 bits per heavy atom. The molecule has 218 valence electrons. The quantitative estimate of drug-likeness (QED) is 0.445. The normalized spacial score (nSPS) is 27.0. The Kier molecular flexibility index (Phi) is 8.92. The van der Waals surface area contributed by atoms with Gasteiger partial charge in [-0.2, -0.15) is 18.4 Å². The Balaban J connectivity index is 1.81. The molecule has 3 fully saturated rings. The largest absolute Gasteiger partial charge is 0.471 e. The van der Waals surface area contributed by atoms with Crippen molar-refractivity contribution in [1.29, 1.82) is 5.26 Å². The lowest BCUT2D eigenvalue weighted by Crippen LogP contribution is -2.59. The Hall–Kier alpha value is -2.84. The van der Waals surface area contributed by atoms with E-state index in [-0.39, 0.29) is 30.7 Å². The predicted octanol–water partition coefficient (Wildman–Crippen LogP) is 2.80. The van der Waals surface area contributed by atoms with Gasteiger partial charge < -0.3 is 20.9 Å². The van der Waals surface area contributed by atoms with E-state index in [1.54, 1.807) is 20.8 Å². The van der Waals surface area contributed by atoms with Crippen LogP contribution in [0.15, 0.2) is 0 Å². The van der Waals surface area contributed by atoms with Gasteiger partial charge in [0, 0.05) is 18.0 Å². The molecule has 0 aromatic rings. The van der Waals surface area contributed by atoms with Crippen LogP contribution in [0, 0.1) is 34.5 Å². The summed E-state index contributed by atoms with van der Waals surface area (Å²) in [7, 11) is 0. The first-order valence-corrected chi connectivity index (χ1v) is 13.6. The van der Waals surface area contributed by atoms with E-state index in [1.807, 2.05) is 25.2 Å². The van der Waals surface area contributed by atoms with Crippen molar-refractivity contribution in [3.05, 3.63) is 0 Å². The first-order valence-electron chi connectivity index (χ1n) is 13.6. The first kappa shape index (κ1) is 30.7. The number of likely N-dealkylation sites (tertiary alicyclic amines) is 1. The third-order valence-electron chi connectivity index (χ3n) is 8.21. The number of carbonyl (C=O) groups is 4. The summed E-state index contributed by atoms with van der Waals surface area (Å²) in [6.45, 7) is 8.58. The molecule has 1 aliphatic carbocycles. The molecule has 5 unspecified atom stereocenters. The van der Waals surface area contributed by atoms with Gasteiger partial charge in [-0.1, -0.05) is 46.5 Å². The minimum absolute atomic E-state index is 0.0203. The highest BCUT2D eigenvalue weighted by Crippen LogP contribution is 2.39. The lowest BCUT2D eigenvalue weighted by atomic mass is 9.85. The van der Waals surface area contributed by atoms with Crippen molar-refractivity contribution in [1.82, 2.24) is 20.9 Å². The minimum atomic E-state index is -5.17. The van der Waals surface area contributed by atoms with Crippen molar-refractivity contribution in [2.75, 3.05) is 6.54 Å². The summed E-state index contributed by atoms with van der Waals surface area (Å²) in [6, 6.07) is -1.46. The van der Waals surface area contributed by atoms with Gasteiger partial charge in [-0.25, -0.2) is 0 Å². The molecule has 0 aromatic carbocycles. The van der Waals surface area contributed by atoms with Gasteiger partial charge in [0.25, 0.3) is 0 Å². The van der Waals surface area contributed by atoms with Crippen LogP contribution in [-0.2, 0) is 19.2 Å². The molecule has 9 nitrogen and oxygen atoms in total. The van der Waals surface area contributed by atoms with Gasteiger partial charge in [-0.3, -0.25) is 19.2 Å². The Morgan fingerprint density at radius 3 is 2.23 bits per heavy atom. The third-order valence-corrected chi connectivity index (χ3v) is 8.21. The van der Waals surface area contributed by atoms with Crippen molar-refractivity contribution in [3.8, 4) is 6.07 Å². The average molecular weight is 556 g/mol.